The summed E-state index contributed by atoms with van der Waals surface area (Å²) in [6.07, 6.45) is 7.89. The van der Waals surface area contributed by atoms with Gasteiger partial charge in [-0.3, -0.25) is 9.59 Å². The van der Waals surface area contributed by atoms with Crippen LogP contribution in [0.1, 0.15) is 65.5 Å². The van der Waals surface area contributed by atoms with Crippen molar-refractivity contribution in [3.05, 3.63) is 84.2 Å². The molecule has 0 unspecified atom stereocenters. The molecule has 50 heavy (non-hydrogen) atoms. The number of para-hydroxylation sites is 2. The fraction of sp³-hybridized carbons (Fsp3) is 0.421. The Morgan fingerprint density at radius 1 is 0.640 bits per heavy atom. The van der Waals surface area contributed by atoms with E-state index in [0.29, 0.717) is 25.9 Å². The second kappa shape index (κ2) is 16.9. The molecule has 0 radical (unpaired) electrons. The lowest BCUT2D eigenvalue weighted by molar-refractivity contribution is -0.123. The first-order valence-electron chi connectivity index (χ1n) is 17.0. The van der Waals surface area contributed by atoms with Crippen LogP contribution in [-0.4, -0.2) is 70.3 Å². The summed E-state index contributed by atoms with van der Waals surface area (Å²) in [7, 11) is 0. The van der Waals surface area contributed by atoms with Crippen molar-refractivity contribution in [2.24, 2.45) is 0 Å². The third-order valence-electron chi connectivity index (χ3n) is 7.60. The van der Waals surface area contributed by atoms with Crippen molar-refractivity contribution in [1.82, 2.24) is 31.2 Å². The van der Waals surface area contributed by atoms with E-state index in [4.69, 9.17) is 9.47 Å². The lowest BCUT2D eigenvalue weighted by Crippen LogP contribution is -2.49. The molecule has 0 aliphatic heterocycles. The van der Waals surface area contributed by atoms with Gasteiger partial charge in [0.1, 0.15) is 23.3 Å². The molecule has 4 aromatic rings. The number of H-pyrrole nitrogens is 2. The summed E-state index contributed by atoms with van der Waals surface area (Å²) in [5.74, 6) is -0.638. The molecule has 4 amide bonds. The van der Waals surface area contributed by atoms with Crippen molar-refractivity contribution in [3.63, 3.8) is 0 Å². The standard InChI is InChI=1S/C38H50N6O6/c1-37(2,3)49-35(47)43-31(21-25-23-41-29-17-11-9-15-27(25)29)33(45)39-19-13-7-8-14-20-40-34(46)32(44-36(48)50-38(4,5)6)22-26-24-42-30-18-12-10-16-28(26)30/h7-12,15-18,23-24,31-32,41-42H,13-14,19-22H2,1-6H3,(H,39,45)(H,40,46)(H,43,47)(H,44,48)/b8-7-/t31-,32-/m0/s1. The number of ether oxygens (including phenoxy) is 2. The maximum Gasteiger partial charge on any atom is 0.408 e. The van der Waals surface area contributed by atoms with Crippen LogP contribution < -0.4 is 21.3 Å². The highest BCUT2D eigenvalue weighted by Gasteiger charge is 2.27. The van der Waals surface area contributed by atoms with Crippen molar-refractivity contribution in [3.8, 4) is 0 Å². The molecule has 0 aliphatic rings. The van der Waals surface area contributed by atoms with Gasteiger partial charge in [0.25, 0.3) is 0 Å². The van der Waals surface area contributed by atoms with E-state index in [1.165, 1.54) is 0 Å². The number of hydrogen-bond acceptors (Lipinski definition) is 6. The molecule has 2 aromatic carbocycles. The number of rotatable bonds is 14. The normalized spacial score (nSPS) is 13.2. The quantitative estimate of drug-likeness (QED) is 0.0726. The number of carbonyl (C=O) groups is 4. The van der Waals surface area contributed by atoms with Crippen molar-refractivity contribution >= 4 is 45.8 Å². The van der Waals surface area contributed by atoms with Crippen molar-refractivity contribution in [2.75, 3.05) is 13.1 Å². The largest absolute Gasteiger partial charge is 0.444 e. The topological polar surface area (TPSA) is 166 Å². The van der Waals surface area contributed by atoms with Gasteiger partial charge in [-0.1, -0.05) is 48.6 Å². The molecule has 0 bridgehead atoms. The molecular formula is C38H50N6O6. The first-order valence-corrected chi connectivity index (χ1v) is 17.0. The number of amides is 4. The van der Waals surface area contributed by atoms with Crippen LogP contribution in [0.3, 0.4) is 0 Å². The number of fused-ring (bicyclic) bond motifs is 2. The average Bonchev–Trinajstić information content (AvgIpc) is 3.63. The zero-order chi connectivity index (χ0) is 36.3. The van der Waals surface area contributed by atoms with E-state index in [9.17, 15) is 19.2 Å². The number of hydrogen-bond donors (Lipinski definition) is 6. The minimum absolute atomic E-state index is 0.286. The summed E-state index contributed by atoms with van der Waals surface area (Å²) in [4.78, 5) is 58.0. The molecular weight excluding hydrogens is 636 g/mol. The van der Waals surface area contributed by atoms with Crippen LogP contribution in [0.25, 0.3) is 21.8 Å². The fourth-order valence-electron chi connectivity index (χ4n) is 5.40. The van der Waals surface area contributed by atoms with Gasteiger partial charge in [0, 0.05) is 60.1 Å². The monoisotopic (exact) mass is 686 g/mol. The summed E-state index contributed by atoms with van der Waals surface area (Å²) in [5, 5.41) is 13.2. The molecule has 12 nitrogen and oxygen atoms in total. The maximum atomic E-state index is 13.2. The number of aromatic nitrogens is 2. The molecule has 0 saturated heterocycles. The SMILES string of the molecule is CC(C)(C)OC(=O)N[C@@H](Cc1c[nH]c2ccccc12)C(=O)NCC/C=C\CCNC(=O)[C@H](Cc1c[nH]c2ccccc12)NC(=O)OC(C)(C)C. The molecule has 2 aromatic heterocycles. The van der Waals surface area contributed by atoms with E-state index in [1.54, 1.807) is 41.5 Å². The van der Waals surface area contributed by atoms with E-state index in [1.807, 2.05) is 73.1 Å². The van der Waals surface area contributed by atoms with E-state index in [2.05, 4.69) is 31.2 Å². The zero-order valence-corrected chi connectivity index (χ0v) is 29.8. The maximum absolute atomic E-state index is 13.2. The third kappa shape index (κ3) is 11.7. The van der Waals surface area contributed by atoms with Gasteiger partial charge < -0.3 is 40.7 Å². The summed E-state index contributed by atoms with van der Waals surface area (Å²) in [6.45, 7) is 11.3. The Balaban J connectivity index is 1.26. The van der Waals surface area contributed by atoms with Crippen LogP contribution in [-0.2, 0) is 31.9 Å². The number of benzene rings is 2. The second-order valence-electron chi connectivity index (χ2n) is 14.2. The summed E-state index contributed by atoms with van der Waals surface area (Å²) < 4.78 is 10.8. The molecule has 4 rings (SSSR count). The highest BCUT2D eigenvalue weighted by Crippen LogP contribution is 2.21. The van der Waals surface area contributed by atoms with Crippen LogP contribution in [0.15, 0.2) is 73.1 Å². The minimum Gasteiger partial charge on any atom is -0.444 e. The predicted molar refractivity (Wildman–Crippen MR) is 195 cm³/mol. The summed E-state index contributed by atoms with van der Waals surface area (Å²) in [6, 6.07) is 13.9. The predicted octanol–water partition coefficient (Wildman–Crippen LogP) is 5.79. The van der Waals surface area contributed by atoms with Gasteiger partial charge in [0.2, 0.25) is 11.8 Å². The van der Waals surface area contributed by atoms with Crippen LogP contribution >= 0.6 is 0 Å². The number of aromatic amines is 2. The molecule has 0 fully saturated rings. The van der Waals surface area contributed by atoms with Crippen molar-refractivity contribution in [1.29, 1.82) is 0 Å². The van der Waals surface area contributed by atoms with Crippen LogP contribution in [0, 0.1) is 0 Å². The fourth-order valence-corrected chi connectivity index (χ4v) is 5.40. The number of carbonyl (C=O) groups excluding carboxylic acids is 4. The molecule has 268 valence electrons. The smallest absolute Gasteiger partial charge is 0.408 e. The zero-order valence-electron chi connectivity index (χ0n) is 29.8. The van der Waals surface area contributed by atoms with Crippen LogP contribution in [0.4, 0.5) is 9.59 Å². The average molecular weight is 687 g/mol. The number of alkyl carbamates (subject to hydrolysis) is 2. The Morgan fingerprint density at radius 3 is 1.40 bits per heavy atom. The van der Waals surface area contributed by atoms with Gasteiger partial charge in [-0.25, -0.2) is 9.59 Å². The first kappa shape index (κ1) is 37.6. The number of nitrogens with one attached hydrogen (secondary N) is 6. The molecule has 0 aliphatic carbocycles. The second-order valence-corrected chi connectivity index (χ2v) is 14.2. The van der Waals surface area contributed by atoms with Gasteiger partial charge in [0.05, 0.1) is 0 Å². The highest BCUT2D eigenvalue weighted by atomic mass is 16.6. The van der Waals surface area contributed by atoms with E-state index in [0.717, 1.165) is 32.9 Å². The molecule has 12 heteroatoms. The lowest BCUT2D eigenvalue weighted by Gasteiger charge is -2.23. The summed E-state index contributed by atoms with van der Waals surface area (Å²) in [5.41, 5.74) is 2.30. The minimum atomic E-state index is -0.838. The van der Waals surface area contributed by atoms with Gasteiger partial charge in [0.15, 0.2) is 0 Å². The van der Waals surface area contributed by atoms with Gasteiger partial charge >= 0.3 is 12.2 Å². The first-order chi connectivity index (χ1) is 23.7. The van der Waals surface area contributed by atoms with Crippen LogP contribution in [0.2, 0.25) is 0 Å². The lowest BCUT2D eigenvalue weighted by atomic mass is 10.0. The van der Waals surface area contributed by atoms with E-state index >= 15 is 0 Å². The Kier molecular flexibility index (Phi) is 12.7. The molecule has 0 saturated carbocycles. The van der Waals surface area contributed by atoms with E-state index in [-0.39, 0.29) is 24.7 Å². The Labute approximate surface area is 293 Å². The Morgan fingerprint density at radius 2 is 1.02 bits per heavy atom. The Hall–Kier alpha value is -5.26. The molecule has 0 spiro atoms. The Bertz CT molecular complexity index is 1660. The summed E-state index contributed by atoms with van der Waals surface area (Å²) >= 11 is 0. The van der Waals surface area contributed by atoms with Crippen LogP contribution in [0.5, 0.6) is 0 Å². The molecule has 2 atom stereocenters. The van der Waals surface area contributed by atoms with Gasteiger partial charge in [-0.2, -0.15) is 0 Å². The van der Waals surface area contributed by atoms with Gasteiger partial charge in [-0.15, -0.1) is 0 Å². The van der Waals surface area contributed by atoms with E-state index < -0.39 is 35.5 Å². The van der Waals surface area contributed by atoms with Crippen molar-refractivity contribution in [2.45, 2.75) is 90.5 Å². The third-order valence-corrected chi connectivity index (χ3v) is 7.60. The van der Waals surface area contributed by atoms with Gasteiger partial charge in [-0.05, 0) is 77.6 Å². The molecule has 6 N–H and O–H groups in total. The highest BCUT2D eigenvalue weighted by molar-refractivity contribution is 5.89. The van der Waals surface area contributed by atoms with Crippen molar-refractivity contribution < 1.29 is 28.7 Å². The molecule has 2 heterocycles.